The van der Waals surface area contributed by atoms with Crippen molar-refractivity contribution >= 4 is 23.9 Å². The number of carbonyl (C=O) groups excluding carboxylic acids is 4. The van der Waals surface area contributed by atoms with Gasteiger partial charge in [-0.3, -0.25) is 0 Å². The Hall–Kier alpha value is -4.02. The van der Waals surface area contributed by atoms with Gasteiger partial charge < -0.3 is 28.4 Å². The summed E-state index contributed by atoms with van der Waals surface area (Å²) in [6, 6.07) is 14.1. The van der Waals surface area contributed by atoms with Gasteiger partial charge in [-0.15, -0.1) is 0 Å². The average Bonchev–Trinajstić information content (AvgIpc) is 3.57. The zero-order valence-electron chi connectivity index (χ0n) is 28.1. The van der Waals surface area contributed by atoms with Gasteiger partial charge in [-0.1, -0.05) is 57.5 Å². The minimum atomic E-state index is -1.25. The van der Waals surface area contributed by atoms with Crippen LogP contribution in [0.5, 0.6) is 5.75 Å². The molecule has 2 atom stereocenters. The van der Waals surface area contributed by atoms with Gasteiger partial charge in [-0.2, -0.15) is 0 Å². The van der Waals surface area contributed by atoms with Gasteiger partial charge in [0, 0.05) is 11.6 Å². The standard InChI is InChI=1S/C38H48O10/c1-4-7-23-44-36(41)33-34(37(42)45-24-8-5-2)48-38(47-33)30-19-21-31(22-20-30)46-35(40)29-17-15-28(16-18-29)27-13-11-26(12-14-27)10-9-25-43-32(39)6-3/h6,15-22,26-27,33-34,38H,3-5,7-14,23-25H2,1-2H3/t26-,27-,33-,34-/m1/s1. The second kappa shape index (κ2) is 19.1. The monoisotopic (exact) mass is 664 g/mol. The topological polar surface area (TPSA) is 124 Å². The minimum Gasteiger partial charge on any atom is -0.464 e. The summed E-state index contributed by atoms with van der Waals surface area (Å²) in [6.45, 7) is 8.26. The normalized spacial score (nSPS) is 20.9. The fourth-order valence-corrected chi connectivity index (χ4v) is 5.89. The molecule has 48 heavy (non-hydrogen) atoms. The lowest BCUT2D eigenvalue weighted by Gasteiger charge is -2.29. The highest BCUT2D eigenvalue weighted by molar-refractivity contribution is 5.91. The Morgan fingerprint density at radius 1 is 0.729 bits per heavy atom. The third-order valence-corrected chi connectivity index (χ3v) is 8.76. The maximum Gasteiger partial charge on any atom is 0.343 e. The van der Waals surface area contributed by atoms with Crippen molar-refractivity contribution in [1.29, 1.82) is 0 Å². The fraction of sp³-hybridized carbons (Fsp3) is 0.526. The van der Waals surface area contributed by atoms with Gasteiger partial charge in [-0.05, 0) is 93.0 Å². The summed E-state index contributed by atoms with van der Waals surface area (Å²) in [5.41, 5.74) is 2.20. The second-order valence-electron chi connectivity index (χ2n) is 12.3. The zero-order valence-corrected chi connectivity index (χ0v) is 28.1. The van der Waals surface area contributed by atoms with E-state index in [1.54, 1.807) is 36.4 Å². The molecule has 0 N–H and O–H groups in total. The lowest BCUT2D eigenvalue weighted by molar-refractivity contribution is -0.163. The number of ether oxygens (including phenoxy) is 6. The van der Waals surface area contributed by atoms with E-state index in [9.17, 15) is 19.2 Å². The molecule has 10 heteroatoms. The first-order valence-electron chi connectivity index (χ1n) is 17.2. The molecular weight excluding hydrogens is 616 g/mol. The van der Waals surface area contributed by atoms with Crippen LogP contribution in [-0.2, 0) is 38.1 Å². The maximum absolute atomic E-state index is 12.9. The smallest absolute Gasteiger partial charge is 0.343 e. The van der Waals surface area contributed by atoms with Crippen LogP contribution in [-0.4, -0.2) is 55.9 Å². The highest BCUT2D eigenvalue weighted by Crippen LogP contribution is 2.38. The van der Waals surface area contributed by atoms with Crippen molar-refractivity contribution in [1.82, 2.24) is 0 Å². The van der Waals surface area contributed by atoms with Crippen LogP contribution < -0.4 is 4.74 Å². The predicted molar refractivity (Wildman–Crippen MR) is 177 cm³/mol. The zero-order chi connectivity index (χ0) is 34.3. The van der Waals surface area contributed by atoms with Crippen molar-refractivity contribution in [2.45, 2.75) is 102 Å². The molecule has 4 rings (SSSR count). The molecule has 1 heterocycles. The highest BCUT2D eigenvalue weighted by Gasteiger charge is 2.47. The molecule has 10 nitrogen and oxygen atoms in total. The molecule has 1 saturated carbocycles. The van der Waals surface area contributed by atoms with Crippen LogP contribution in [0.25, 0.3) is 0 Å². The molecular formula is C38H48O10. The summed E-state index contributed by atoms with van der Waals surface area (Å²) in [4.78, 5) is 49.6. The summed E-state index contributed by atoms with van der Waals surface area (Å²) >= 11 is 0. The number of rotatable bonds is 17. The van der Waals surface area contributed by atoms with Crippen molar-refractivity contribution < 1.29 is 47.6 Å². The minimum absolute atomic E-state index is 0.223. The van der Waals surface area contributed by atoms with Crippen LogP contribution >= 0.6 is 0 Å². The van der Waals surface area contributed by atoms with Gasteiger partial charge in [-0.25, -0.2) is 19.2 Å². The van der Waals surface area contributed by atoms with E-state index in [4.69, 9.17) is 28.4 Å². The summed E-state index contributed by atoms with van der Waals surface area (Å²) in [6.07, 6.45) is 7.11. The average molecular weight is 665 g/mol. The first kappa shape index (κ1) is 36.8. The number of esters is 4. The SMILES string of the molecule is C=CC(=O)OCCC[C@H]1CC[C@H](c2ccc(C(=O)Oc3ccc(C4O[C@@H](C(=O)OCCCC)[C@H](C(=O)OCCCC)O4)cc3)cc2)CC1. The molecule has 0 amide bonds. The lowest BCUT2D eigenvalue weighted by Crippen LogP contribution is -2.39. The van der Waals surface area contributed by atoms with E-state index in [0.717, 1.165) is 51.4 Å². The van der Waals surface area contributed by atoms with Crippen LogP contribution in [0.15, 0.2) is 61.2 Å². The molecule has 260 valence electrons. The van der Waals surface area contributed by atoms with Gasteiger partial charge in [0.2, 0.25) is 0 Å². The molecule has 2 aromatic rings. The van der Waals surface area contributed by atoms with E-state index in [1.165, 1.54) is 11.6 Å². The second-order valence-corrected chi connectivity index (χ2v) is 12.3. The number of unbranched alkanes of at least 4 members (excludes halogenated alkanes) is 2. The Kier molecular flexibility index (Phi) is 14.6. The molecule has 0 bridgehead atoms. The molecule has 2 aliphatic rings. The molecule has 2 fully saturated rings. The highest BCUT2D eigenvalue weighted by atomic mass is 16.8. The van der Waals surface area contributed by atoms with Crippen molar-refractivity contribution in [3.8, 4) is 5.75 Å². The first-order chi connectivity index (χ1) is 23.3. The molecule has 0 radical (unpaired) electrons. The number of carbonyl (C=O) groups is 4. The Bertz CT molecular complexity index is 1310. The van der Waals surface area contributed by atoms with Gasteiger partial charge in [0.25, 0.3) is 0 Å². The quantitative estimate of drug-likeness (QED) is 0.0566. The Labute approximate surface area is 283 Å². The van der Waals surface area contributed by atoms with Crippen LogP contribution in [0.2, 0.25) is 0 Å². The van der Waals surface area contributed by atoms with Gasteiger partial charge in [0.05, 0.1) is 25.4 Å². The molecule has 1 saturated heterocycles. The Morgan fingerprint density at radius 3 is 1.81 bits per heavy atom. The number of benzene rings is 2. The van der Waals surface area contributed by atoms with Crippen LogP contribution in [0, 0.1) is 5.92 Å². The van der Waals surface area contributed by atoms with E-state index >= 15 is 0 Å². The van der Waals surface area contributed by atoms with Gasteiger partial charge in [0.1, 0.15) is 5.75 Å². The number of hydrogen-bond acceptors (Lipinski definition) is 10. The van der Waals surface area contributed by atoms with Gasteiger partial charge >= 0.3 is 23.9 Å². The van der Waals surface area contributed by atoms with E-state index in [1.807, 2.05) is 26.0 Å². The van der Waals surface area contributed by atoms with E-state index < -0.39 is 36.4 Å². The van der Waals surface area contributed by atoms with Crippen LogP contribution in [0.1, 0.15) is 112 Å². The number of hydrogen-bond donors (Lipinski definition) is 0. The maximum atomic E-state index is 12.9. The largest absolute Gasteiger partial charge is 0.464 e. The van der Waals surface area contributed by atoms with Crippen molar-refractivity contribution in [3.63, 3.8) is 0 Å². The Morgan fingerprint density at radius 2 is 1.27 bits per heavy atom. The molecule has 1 aliphatic heterocycles. The van der Waals surface area contributed by atoms with Gasteiger partial charge in [0.15, 0.2) is 18.5 Å². The summed E-state index contributed by atoms with van der Waals surface area (Å²) in [5.74, 6) is -0.779. The molecule has 2 aromatic carbocycles. The predicted octanol–water partition coefficient (Wildman–Crippen LogP) is 7.16. The third kappa shape index (κ3) is 10.8. The molecule has 1 aliphatic carbocycles. The van der Waals surface area contributed by atoms with Crippen molar-refractivity contribution in [2.24, 2.45) is 5.92 Å². The summed E-state index contributed by atoms with van der Waals surface area (Å²) in [7, 11) is 0. The van der Waals surface area contributed by atoms with Crippen molar-refractivity contribution in [3.05, 3.63) is 77.9 Å². The van der Waals surface area contributed by atoms with E-state index in [-0.39, 0.29) is 19.2 Å². The summed E-state index contributed by atoms with van der Waals surface area (Å²) < 4.78 is 33.0. The molecule has 0 spiro atoms. The van der Waals surface area contributed by atoms with Crippen LogP contribution in [0.3, 0.4) is 0 Å². The Balaban J connectivity index is 1.27. The molecule has 0 aromatic heterocycles. The van der Waals surface area contributed by atoms with E-state index in [2.05, 4.69) is 6.58 Å². The molecule has 0 unspecified atom stereocenters. The van der Waals surface area contributed by atoms with Crippen molar-refractivity contribution in [2.75, 3.05) is 19.8 Å². The van der Waals surface area contributed by atoms with Crippen LogP contribution in [0.4, 0.5) is 0 Å². The fourth-order valence-electron chi connectivity index (χ4n) is 5.89. The van der Waals surface area contributed by atoms with E-state index in [0.29, 0.717) is 48.2 Å². The lowest BCUT2D eigenvalue weighted by atomic mass is 9.77. The summed E-state index contributed by atoms with van der Waals surface area (Å²) in [5, 5.41) is 0. The third-order valence-electron chi connectivity index (χ3n) is 8.76. The first-order valence-corrected chi connectivity index (χ1v) is 17.2.